The van der Waals surface area contributed by atoms with Crippen LogP contribution in [0.4, 0.5) is 0 Å². The van der Waals surface area contributed by atoms with Crippen LogP contribution in [0.5, 0.6) is 0 Å². The summed E-state index contributed by atoms with van der Waals surface area (Å²) in [7, 11) is 1.66. The highest BCUT2D eigenvalue weighted by Crippen LogP contribution is 2.35. The van der Waals surface area contributed by atoms with Gasteiger partial charge in [-0.25, -0.2) is 0 Å². The molecule has 2 aromatic rings. The highest BCUT2D eigenvalue weighted by atomic mass is 32.2. The van der Waals surface area contributed by atoms with Crippen molar-refractivity contribution in [2.75, 3.05) is 19.3 Å². The fourth-order valence-electron chi connectivity index (χ4n) is 2.96. The molecule has 23 heavy (non-hydrogen) atoms. The lowest BCUT2D eigenvalue weighted by atomic mass is 10.0. The molecule has 1 atom stereocenters. The van der Waals surface area contributed by atoms with E-state index >= 15 is 0 Å². The molecule has 0 bridgehead atoms. The quantitative estimate of drug-likeness (QED) is 0.884. The van der Waals surface area contributed by atoms with Gasteiger partial charge in [0.25, 0.3) is 5.91 Å². The Balaban J connectivity index is 1.59. The van der Waals surface area contributed by atoms with E-state index in [2.05, 4.69) is 41.0 Å². The van der Waals surface area contributed by atoms with Crippen LogP contribution in [0.25, 0.3) is 0 Å². The van der Waals surface area contributed by atoms with E-state index in [1.54, 1.807) is 7.05 Å². The molecule has 0 aliphatic carbocycles. The van der Waals surface area contributed by atoms with Gasteiger partial charge in [-0.15, -0.1) is 11.8 Å². The Morgan fingerprint density at radius 1 is 1.22 bits per heavy atom. The van der Waals surface area contributed by atoms with Crippen LogP contribution < -0.4 is 10.6 Å². The van der Waals surface area contributed by atoms with E-state index in [1.807, 2.05) is 30.0 Å². The van der Waals surface area contributed by atoms with Gasteiger partial charge in [-0.05, 0) is 54.5 Å². The van der Waals surface area contributed by atoms with Gasteiger partial charge in [0.1, 0.15) is 0 Å². The summed E-state index contributed by atoms with van der Waals surface area (Å²) < 4.78 is 0. The van der Waals surface area contributed by atoms with Gasteiger partial charge in [0, 0.05) is 23.5 Å². The van der Waals surface area contributed by atoms with Gasteiger partial charge in [0.2, 0.25) is 0 Å². The van der Waals surface area contributed by atoms with E-state index in [0.717, 1.165) is 18.5 Å². The van der Waals surface area contributed by atoms with Crippen LogP contribution >= 0.6 is 11.8 Å². The van der Waals surface area contributed by atoms with Crippen LogP contribution in [0.1, 0.15) is 33.9 Å². The molecular weight excluding hydrogens is 304 g/mol. The van der Waals surface area contributed by atoms with Crippen molar-refractivity contribution < 1.29 is 4.79 Å². The normalized spacial score (nSPS) is 16.7. The minimum atomic E-state index is -0.0296. The Morgan fingerprint density at radius 2 is 2.09 bits per heavy atom. The van der Waals surface area contributed by atoms with Gasteiger partial charge < -0.3 is 10.6 Å². The summed E-state index contributed by atoms with van der Waals surface area (Å²) in [6.45, 7) is 0.918. The van der Waals surface area contributed by atoms with Crippen molar-refractivity contribution in [2.45, 2.75) is 23.8 Å². The van der Waals surface area contributed by atoms with Gasteiger partial charge >= 0.3 is 0 Å². The van der Waals surface area contributed by atoms with E-state index in [1.165, 1.54) is 28.2 Å². The molecule has 0 spiro atoms. The van der Waals surface area contributed by atoms with E-state index in [9.17, 15) is 4.79 Å². The number of carbonyl (C=O) groups excluding carboxylic acids is 1. The number of hydrogen-bond acceptors (Lipinski definition) is 3. The molecule has 1 heterocycles. The number of fused-ring (bicyclic) bond motifs is 1. The van der Waals surface area contributed by atoms with Crippen molar-refractivity contribution in [3.8, 4) is 0 Å². The van der Waals surface area contributed by atoms with E-state index in [4.69, 9.17) is 0 Å². The van der Waals surface area contributed by atoms with Crippen LogP contribution in [0.3, 0.4) is 0 Å². The second-order valence-corrected chi connectivity index (χ2v) is 6.85. The lowest BCUT2D eigenvalue weighted by molar-refractivity contribution is 0.0963. The molecule has 1 aliphatic heterocycles. The minimum Gasteiger partial charge on any atom is -0.355 e. The lowest BCUT2D eigenvalue weighted by Gasteiger charge is -2.26. The third kappa shape index (κ3) is 3.95. The van der Waals surface area contributed by atoms with Crippen molar-refractivity contribution in [1.29, 1.82) is 0 Å². The summed E-state index contributed by atoms with van der Waals surface area (Å²) in [5.74, 6) is 1.14. The van der Waals surface area contributed by atoms with Gasteiger partial charge in [0.05, 0.1) is 0 Å². The second kappa shape index (κ2) is 7.66. The molecule has 2 aromatic carbocycles. The first-order valence-electron chi connectivity index (χ1n) is 8.04. The van der Waals surface area contributed by atoms with Gasteiger partial charge in [-0.2, -0.15) is 0 Å². The highest BCUT2D eigenvalue weighted by molar-refractivity contribution is 7.99. The molecule has 4 heteroatoms. The topological polar surface area (TPSA) is 41.1 Å². The molecule has 1 aliphatic rings. The Hall–Kier alpha value is -1.78. The van der Waals surface area contributed by atoms with E-state index in [-0.39, 0.29) is 5.91 Å². The maximum absolute atomic E-state index is 11.7. The maximum atomic E-state index is 11.7. The molecule has 0 unspecified atom stereocenters. The summed E-state index contributed by atoms with van der Waals surface area (Å²) in [5.41, 5.74) is 3.34. The van der Waals surface area contributed by atoms with Crippen LogP contribution in [0.15, 0.2) is 53.4 Å². The molecule has 0 aromatic heterocycles. The second-order valence-electron chi connectivity index (χ2n) is 5.71. The number of nitrogens with one attached hydrogen (secondary N) is 2. The summed E-state index contributed by atoms with van der Waals surface area (Å²) in [4.78, 5) is 13.1. The standard InChI is InChI=1S/C19H22N2OS/c1-20-19(22)15-6-4-5-14(13-15)9-11-21-17-10-12-23-18-8-3-2-7-16(17)18/h2-8,13,17,21H,9-12H2,1H3,(H,20,22)/t17-/m0/s1. The lowest BCUT2D eigenvalue weighted by Crippen LogP contribution is -2.26. The first-order valence-corrected chi connectivity index (χ1v) is 9.02. The Morgan fingerprint density at radius 3 is 2.96 bits per heavy atom. The predicted octanol–water partition coefficient (Wildman–Crippen LogP) is 3.42. The smallest absolute Gasteiger partial charge is 0.251 e. The largest absolute Gasteiger partial charge is 0.355 e. The van der Waals surface area contributed by atoms with E-state index < -0.39 is 0 Å². The van der Waals surface area contributed by atoms with Crippen LogP contribution in [0, 0.1) is 0 Å². The van der Waals surface area contributed by atoms with Crippen LogP contribution in [-0.4, -0.2) is 25.3 Å². The Kier molecular flexibility index (Phi) is 5.36. The van der Waals surface area contributed by atoms with Crippen molar-refractivity contribution in [1.82, 2.24) is 10.6 Å². The van der Waals surface area contributed by atoms with E-state index in [0.29, 0.717) is 6.04 Å². The molecule has 0 fully saturated rings. The Bertz CT molecular complexity index is 687. The monoisotopic (exact) mass is 326 g/mol. The molecule has 3 nitrogen and oxygen atoms in total. The van der Waals surface area contributed by atoms with Gasteiger partial charge in [-0.3, -0.25) is 4.79 Å². The van der Waals surface area contributed by atoms with Crippen LogP contribution in [-0.2, 0) is 6.42 Å². The molecule has 3 rings (SSSR count). The number of rotatable bonds is 5. The molecule has 120 valence electrons. The summed E-state index contributed by atoms with van der Waals surface area (Å²) in [5, 5.41) is 6.35. The molecule has 0 saturated heterocycles. The summed E-state index contributed by atoms with van der Waals surface area (Å²) in [6.07, 6.45) is 2.09. The number of hydrogen-bond donors (Lipinski definition) is 2. The average molecular weight is 326 g/mol. The first kappa shape index (κ1) is 16.1. The minimum absolute atomic E-state index is 0.0296. The molecule has 1 amide bonds. The Labute approximate surface area is 141 Å². The number of carbonyl (C=O) groups is 1. The fraction of sp³-hybridized carbons (Fsp3) is 0.316. The SMILES string of the molecule is CNC(=O)c1cccc(CCN[C@H]2CCSc3ccccc32)c1. The van der Waals surface area contributed by atoms with Crippen molar-refractivity contribution in [2.24, 2.45) is 0 Å². The van der Waals surface area contributed by atoms with Crippen LogP contribution in [0.2, 0.25) is 0 Å². The molecule has 0 radical (unpaired) electrons. The third-order valence-corrected chi connectivity index (χ3v) is 5.30. The third-order valence-electron chi connectivity index (χ3n) is 4.18. The average Bonchev–Trinajstić information content (AvgIpc) is 2.61. The fourth-order valence-corrected chi connectivity index (χ4v) is 4.08. The zero-order chi connectivity index (χ0) is 16.1. The number of amides is 1. The van der Waals surface area contributed by atoms with Gasteiger partial charge in [-0.1, -0.05) is 30.3 Å². The van der Waals surface area contributed by atoms with Crippen molar-refractivity contribution >= 4 is 17.7 Å². The van der Waals surface area contributed by atoms with Crippen molar-refractivity contribution in [3.05, 3.63) is 65.2 Å². The molecule has 2 N–H and O–H groups in total. The molecular formula is C19H22N2OS. The zero-order valence-corrected chi connectivity index (χ0v) is 14.2. The zero-order valence-electron chi connectivity index (χ0n) is 13.3. The highest BCUT2D eigenvalue weighted by Gasteiger charge is 2.19. The predicted molar refractivity (Wildman–Crippen MR) is 96.1 cm³/mol. The van der Waals surface area contributed by atoms with Gasteiger partial charge in [0.15, 0.2) is 0 Å². The molecule has 0 saturated carbocycles. The summed E-state index contributed by atoms with van der Waals surface area (Å²) >= 11 is 1.95. The first-order chi connectivity index (χ1) is 11.3. The number of benzene rings is 2. The van der Waals surface area contributed by atoms with Crippen molar-refractivity contribution in [3.63, 3.8) is 0 Å². The maximum Gasteiger partial charge on any atom is 0.251 e. The number of thioether (sulfide) groups is 1. The summed E-state index contributed by atoms with van der Waals surface area (Å²) in [6, 6.07) is 17.0.